The highest BCUT2D eigenvalue weighted by molar-refractivity contribution is 6.58. The molecule has 2 heterocycles. The second-order valence-electron chi connectivity index (χ2n) is 21.0. The zero-order valence-electron chi connectivity index (χ0n) is 48.3. The van der Waals surface area contributed by atoms with Crippen LogP contribution in [-0.2, 0) is 54.5 Å². The number of hydrogen-bond donors (Lipinski definition) is 4. The van der Waals surface area contributed by atoms with Gasteiger partial charge in [0.1, 0.15) is 52.7 Å². The average Bonchev–Trinajstić information content (AvgIpc) is 3.61. The monoisotopic (exact) mass is 1160 g/mol. The molecule has 0 saturated heterocycles. The number of carbonyl (C=O) groups is 4. The molecule has 84 heavy (non-hydrogen) atoms. The number of rotatable bonds is 18. The minimum absolute atomic E-state index is 0.311. The Morgan fingerprint density at radius 2 is 0.881 bits per heavy atom. The van der Waals surface area contributed by atoms with Crippen LogP contribution in [0.25, 0.3) is 11.3 Å². The number of anilines is 4. The molecule has 8 aromatic rings. The lowest BCUT2D eigenvalue weighted by Gasteiger charge is -2.27. The maximum Gasteiger partial charge on any atom is 0.488 e. The van der Waals surface area contributed by atoms with Gasteiger partial charge in [-0.2, -0.15) is 0 Å². The SMILES string of the molecule is CC(C)(C)OC(=O)N(Cc1ccccc1)c1ccc(B(O)O)cc1.COC(=O)C(Cc1ccccc1)Nc1cc(-c2ccc(N(Cc3ccccc3)C(=O)OC(C)(C)C)cc2)ncn1.COC(=O)C(Cc1ccccc1)Nc1cc(Cl)ncn1. The fourth-order valence-corrected chi connectivity index (χ4v) is 8.21. The molecular weight excluding hydrogens is 1090 g/mol. The van der Waals surface area contributed by atoms with E-state index in [1.54, 1.807) is 41.3 Å². The maximum absolute atomic E-state index is 13.1. The summed E-state index contributed by atoms with van der Waals surface area (Å²) in [4.78, 5) is 69.7. The zero-order valence-corrected chi connectivity index (χ0v) is 49.0. The van der Waals surface area contributed by atoms with E-state index >= 15 is 0 Å². The van der Waals surface area contributed by atoms with Crippen LogP contribution in [0, 0.1) is 0 Å². The largest absolute Gasteiger partial charge is 0.488 e. The number of halogens is 1. The number of benzene rings is 6. The lowest BCUT2D eigenvalue weighted by molar-refractivity contribution is -0.142. The van der Waals surface area contributed by atoms with Crippen molar-refractivity contribution in [3.05, 3.63) is 222 Å². The Labute approximate surface area is 496 Å². The lowest BCUT2D eigenvalue weighted by atomic mass is 9.80. The molecule has 2 atom stereocenters. The number of ether oxygens (including phenoxy) is 4. The molecule has 2 unspecified atom stereocenters. The molecule has 436 valence electrons. The highest BCUT2D eigenvalue weighted by atomic mass is 35.5. The summed E-state index contributed by atoms with van der Waals surface area (Å²) in [5.74, 6) is 0.244. The summed E-state index contributed by atoms with van der Waals surface area (Å²) in [7, 11) is 1.19. The predicted molar refractivity (Wildman–Crippen MR) is 328 cm³/mol. The summed E-state index contributed by atoms with van der Waals surface area (Å²) in [5, 5.41) is 24.9. The number of esters is 2. The minimum Gasteiger partial charge on any atom is -0.467 e. The molecule has 0 aliphatic carbocycles. The summed E-state index contributed by atoms with van der Waals surface area (Å²) in [6.45, 7) is 11.7. The molecule has 0 radical (unpaired) electrons. The van der Waals surface area contributed by atoms with Gasteiger partial charge in [0.2, 0.25) is 0 Å². The van der Waals surface area contributed by atoms with Gasteiger partial charge in [-0.05, 0) is 93.5 Å². The minimum atomic E-state index is -1.54. The predicted octanol–water partition coefficient (Wildman–Crippen LogP) is 10.9. The van der Waals surface area contributed by atoms with Gasteiger partial charge in [-0.15, -0.1) is 0 Å². The third-order valence-electron chi connectivity index (χ3n) is 12.1. The Bertz CT molecular complexity index is 3320. The van der Waals surface area contributed by atoms with E-state index < -0.39 is 42.6 Å². The van der Waals surface area contributed by atoms with Gasteiger partial charge in [0.15, 0.2) is 0 Å². The standard InChI is InChI=1S/C32H34N4O4.C18H22BNO4.C14H14ClN3O2/c1-32(2,3)40-31(38)36(21-24-13-9-6-10-14-24)26-17-15-25(16-18-26)27-20-29(34-22-33-27)35-28(30(37)39-4)19-23-11-7-5-8-12-23;1-18(2,3)24-17(21)20(13-14-7-5-4-6-8-14)16-11-9-15(10-12-16)19(22)23;1-20-14(19)11(7-10-5-3-2-4-6-10)18-13-8-12(15)16-9-17-13/h5-18,20,22,28H,19,21H2,1-4H3,(H,33,34,35);4-12,22-23H,13H2,1-3H3;2-6,8-9,11H,7H2,1H3,(H,16,17,18). The van der Waals surface area contributed by atoms with Gasteiger partial charge in [0, 0.05) is 41.9 Å². The quantitative estimate of drug-likeness (QED) is 0.0271. The first-order valence-corrected chi connectivity index (χ1v) is 27.3. The van der Waals surface area contributed by atoms with Crippen molar-refractivity contribution in [1.82, 2.24) is 19.9 Å². The Kier molecular flexibility index (Phi) is 23.9. The number of amides is 2. The lowest BCUT2D eigenvalue weighted by Crippen LogP contribution is -2.37. The third-order valence-corrected chi connectivity index (χ3v) is 12.3. The van der Waals surface area contributed by atoms with Gasteiger partial charge in [0.05, 0.1) is 33.0 Å². The van der Waals surface area contributed by atoms with Gasteiger partial charge in [0.25, 0.3) is 0 Å². The fraction of sp³-hybridized carbons (Fsp3) is 0.250. The number of carbonyl (C=O) groups excluding carboxylic acids is 4. The van der Waals surface area contributed by atoms with E-state index in [1.807, 2.05) is 187 Å². The molecule has 20 heteroatoms. The van der Waals surface area contributed by atoms with Gasteiger partial charge in [-0.1, -0.05) is 157 Å². The Balaban J connectivity index is 0.000000219. The maximum atomic E-state index is 13.1. The van der Waals surface area contributed by atoms with Crippen molar-refractivity contribution in [2.75, 3.05) is 34.7 Å². The second kappa shape index (κ2) is 31.3. The number of methoxy groups -OCH3 is 2. The Morgan fingerprint density at radius 3 is 1.25 bits per heavy atom. The van der Waals surface area contributed by atoms with Crippen LogP contribution in [-0.4, -0.2) is 98.7 Å². The summed E-state index contributed by atoms with van der Waals surface area (Å²) in [6, 6.07) is 54.9. The summed E-state index contributed by atoms with van der Waals surface area (Å²) in [5.41, 5.74) is 5.93. The van der Waals surface area contributed by atoms with Crippen molar-refractivity contribution in [3.63, 3.8) is 0 Å². The van der Waals surface area contributed by atoms with Gasteiger partial charge < -0.3 is 39.6 Å². The molecule has 0 saturated carbocycles. The molecule has 2 amide bonds. The third kappa shape index (κ3) is 21.3. The number of nitrogens with zero attached hydrogens (tertiary/aromatic N) is 6. The number of nitrogens with one attached hydrogen (secondary N) is 2. The molecule has 18 nitrogen and oxygen atoms in total. The molecule has 0 aliphatic rings. The molecule has 0 bridgehead atoms. The molecule has 4 N–H and O–H groups in total. The van der Waals surface area contributed by atoms with Crippen LogP contribution in [0.3, 0.4) is 0 Å². The van der Waals surface area contributed by atoms with E-state index in [4.69, 9.17) is 30.5 Å². The van der Waals surface area contributed by atoms with Gasteiger partial charge in [-0.3, -0.25) is 9.80 Å². The van der Waals surface area contributed by atoms with E-state index in [1.165, 1.54) is 31.8 Å². The molecule has 2 aromatic heterocycles. The van der Waals surface area contributed by atoms with Crippen molar-refractivity contribution in [1.29, 1.82) is 0 Å². The van der Waals surface area contributed by atoms with Gasteiger partial charge in [-0.25, -0.2) is 39.1 Å². The van der Waals surface area contributed by atoms with E-state index in [9.17, 15) is 29.2 Å². The second-order valence-corrected chi connectivity index (χ2v) is 21.3. The van der Waals surface area contributed by atoms with Crippen LogP contribution in [0.1, 0.15) is 63.8 Å². The van der Waals surface area contributed by atoms with Crippen molar-refractivity contribution < 1.29 is 48.2 Å². The topological polar surface area (TPSA) is 228 Å². The highest BCUT2D eigenvalue weighted by Crippen LogP contribution is 2.27. The van der Waals surface area contributed by atoms with Crippen molar-refractivity contribution in [2.24, 2.45) is 0 Å². The summed E-state index contributed by atoms with van der Waals surface area (Å²) < 4.78 is 21.0. The number of aromatic nitrogens is 4. The van der Waals surface area contributed by atoms with E-state index in [0.29, 0.717) is 65.3 Å². The van der Waals surface area contributed by atoms with Crippen molar-refractivity contribution >= 4 is 71.3 Å². The van der Waals surface area contributed by atoms with E-state index in [-0.39, 0.29) is 11.9 Å². The first kappa shape index (κ1) is 64.0. The molecule has 0 aliphatic heterocycles. The van der Waals surface area contributed by atoms with Crippen LogP contribution >= 0.6 is 11.6 Å². The van der Waals surface area contributed by atoms with Crippen LogP contribution in [0.5, 0.6) is 0 Å². The summed E-state index contributed by atoms with van der Waals surface area (Å²) >= 11 is 5.79. The van der Waals surface area contributed by atoms with Crippen molar-refractivity contribution in [3.8, 4) is 11.3 Å². The highest BCUT2D eigenvalue weighted by Gasteiger charge is 2.27. The first-order valence-electron chi connectivity index (χ1n) is 26.9. The molecular formula is C64H70BClN8O10. The Hall–Kier alpha value is -9.17. The van der Waals surface area contributed by atoms with Crippen LogP contribution in [0.2, 0.25) is 5.15 Å². The molecule has 6 aromatic carbocycles. The molecule has 0 spiro atoms. The zero-order chi connectivity index (χ0) is 60.7. The average molecular weight is 1160 g/mol. The smallest absolute Gasteiger partial charge is 0.467 e. The normalized spacial score (nSPS) is 11.6. The van der Waals surface area contributed by atoms with Gasteiger partial charge >= 0.3 is 31.2 Å². The number of hydrogen-bond acceptors (Lipinski definition) is 16. The van der Waals surface area contributed by atoms with E-state index in [0.717, 1.165) is 27.8 Å². The first-order chi connectivity index (χ1) is 40.2. The van der Waals surface area contributed by atoms with Crippen LogP contribution in [0.15, 0.2) is 195 Å². The molecule has 8 rings (SSSR count). The summed E-state index contributed by atoms with van der Waals surface area (Å²) in [6.07, 6.45) is 2.85. The van der Waals surface area contributed by atoms with Crippen LogP contribution < -0.4 is 25.9 Å². The van der Waals surface area contributed by atoms with E-state index in [2.05, 4.69) is 30.6 Å². The fourth-order valence-electron chi connectivity index (χ4n) is 8.06. The Morgan fingerprint density at radius 1 is 0.512 bits per heavy atom. The molecule has 0 fully saturated rings. The van der Waals surface area contributed by atoms with Crippen molar-refractivity contribution in [2.45, 2.75) is 90.8 Å². The van der Waals surface area contributed by atoms with Crippen LogP contribution in [0.4, 0.5) is 32.6 Å².